The van der Waals surface area contributed by atoms with E-state index < -0.39 is 12.2 Å². The Bertz CT molecular complexity index is 971. The van der Waals surface area contributed by atoms with Gasteiger partial charge in [-0.15, -0.1) is 0 Å². The minimum atomic E-state index is -0.861. The van der Waals surface area contributed by atoms with Crippen molar-refractivity contribution in [3.05, 3.63) is 59.7 Å². The van der Waals surface area contributed by atoms with E-state index in [-0.39, 0.29) is 12.8 Å². The van der Waals surface area contributed by atoms with Crippen LogP contribution >= 0.6 is 0 Å². The summed E-state index contributed by atoms with van der Waals surface area (Å²) in [6.07, 6.45) is -1.24. The maximum atomic E-state index is 9.91. The van der Waals surface area contributed by atoms with Crippen LogP contribution in [0.1, 0.15) is 24.0 Å². The van der Waals surface area contributed by atoms with Gasteiger partial charge in [0.05, 0.1) is 12.2 Å². The maximum absolute atomic E-state index is 9.91. The van der Waals surface area contributed by atoms with Crippen LogP contribution < -0.4 is 0 Å². The van der Waals surface area contributed by atoms with E-state index in [1.165, 1.54) is 0 Å². The SMILES string of the molecule is O[C@H]1CC#Cc2c(c3ccccc3c3ccccc23)C#CC[C@@H]1O. The average molecular weight is 312 g/mol. The van der Waals surface area contributed by atoms with Gasteiger partial charge in [0, 0.05) is 24.0 Å². The Morgan fingerprint density at radius 2 is 1.00 bits per heavy atom. The molecule has 2 N–H and O–H groups in total. The van der Waals surface area contributed by atoms with Crippen molar-refractivity contribution in [3.8, 4) is 23.7 Å². The number of hydrogen-bond acceptors (Lipinski definition) is 2. The summed E-state index contributed by atoms with van der Waals surface area (Å²) < 4.78 is 0. The van der Waals surface area contributed by atoms with Crippen LogP contribution in [0.5, 0.6) is 0 Å². The molecule has 3 aromatic rings. The Kier molecular flexibility index (Phi) is 3.71. The number of fused-ring (bicyclic) bond motifs is 6. The predicted molar refractivity (Wildman–Crippen MR) is 96.5 cm³/mol. The van der Waals surface area contributed by atoms with Gasteiger partial charge >= 0.3 is 0 Å². The minimum absolute atomic E-state index is 0.240. The number of hydrogen-bond donors (Lipinski definition) is 2. The molecule has 0 radical (unpaired) electrons. The molecule has 0 saturated carbocycles. The van der Waals surface area contributed by atoms with Crippen molar-refractivity contribution in [2.75, 3.05) is 0 Å². The third-order valence-corrected chi connectivity index (χ3v) is 4.43. The van der Waals surface area contributed by atoms with E-state index in [1.54, 1.807) is 0 Å². The fourth-order valence-electron chi connectivity index (χ4n) is 3.16. The van der Waals surface area contributed by atoms with E-state index in [2.05, 4.69) is 47.9 Å². The van der Waals surface area contributed by atoms with Crippen molar-refractivity contribution in [3.63, 3.8) is 0 Å². The Morgan fingerprint density at radius 3 is 1.42 bits per heavy atom. The fraction of sp³-hybridized carbons (Fsp3) is 0.182. The van der Waals surface area contributed by atoms with E-state index in [0.29, 0.717) is 0 Å². The van der Waals surface area contributed by atoms with Crippen LogP contribution in [0.4, 0.5) is 0 Å². The summed E-state index contributed by atoms with van der Waals surface area (Å²) in [4.78, 5) is 0. The molecule has 24 heavy (non-hydrogen) atoms. The van der Waals surface area contributed by atoms with Gasteiger partial charge < -0.3 is 10.2 Å². The summed E-state index contributed by atoms with van der Waals surface area (Å²) in [7, 11) is 0. The lowest BCUT2D eigenvalue weighted by Crippen LogP contribution is -2.24. The fourth-order valence-corrected chi connectivity index (χ4v) is 3.16. The largest absolute Gasteiger partial charge is 0.389 e. The lowest BCUT2D eigenvalue weighted by atomic mass is 9.91. The van der Waals surface area contributed by atoms with Gasteiger partial charge in [-0.3, -0.25) is 0 Å². The van der Waals surface area contributed by atoms with Crippen LogP contribution in [0.3, 0.4) is 0 Å². The summed E-state index contributed by atoms with van der Waals surface area (Å²) in [6, 6.07) is 16.4. The monoisotopic (exact) mass is 312 g/mol. The van der Waals surface area contributed by atoms with Crippen molar-refractivity contribution < 1.29 is 10.2 Å². The van der Waals surface area contributed by atoms with Gasteiger partial charge in [0.1, 0.15) is 0 Å². The van der Waals surface area contributed by atoms with Gasteiger partial charge in [-0.05, 0) is 21.5 Å². The summed E-state index contributed by atoms with van der Waals surface area (Å²) in [5.74, 6) is 12.4. The molecule has 0 saturated heterocycles. The summed E-state index contributed by atoms with van der Waals surface area (Å²) in [5, 5.41) is 24.3. The number of aliphatic hydroxyl groups excluding tert-OH is 2. The van der Waals surface area contributed by atoms with Gasteiger partial charge in [-0.2, -0.15) is 0 Å². The summed E-state index contributed by atoms with van der Waals surface area (Å²) in [5.41, 5.74) is 1.81. The zero-order valence-corrected chi connectivity index (χ0v) is 13.1. The molecule has 0 fully saturated rings. The van der Waals surface area contributed by atoms with E-state index in [1.807, 2.05) is 24.3 Å². The van der Waals surface area contributed by atoms with E-state index >= 15 is 0 Å². The molecular formula is C22H16O2. The Balaban J connectivity index is 2.12. The third kappa shape index (κ3) is 2.43. The van der Waals surface area contributed by atoms with Crippen molar-refractivity contribution >= 4 is 21.5 Å². The van der Waals surface area contributed by atoms with Crippen molar-refractivity contribution in [1.29, 1.82) is 0 Å². The lowest BCUT2D eigenvalue weighted by molar-refractivity contribution is 0.0264. The minimum Gasteiger partial charge on any atom is -0.389 e. The van der Waals surface area contributed by atoms with Crippen molar-refractivity contribution in [2.24, 2.45) is 0 Å². The third-order valence-electron chi connectivity index (χ3n) is 4.43. The standard InChI is InChI=1S/C22H16O2/c23-21-13-5-11-19-17-9-3-1-7-15(17)16-8-2-4-10-18(16)20(19)12-6-14-22(21)24/h1-4,7-10,21-24H,13-14H2/t21-,22-/m0/s1. The molecule has 0 aromatic heterocycles. The molecule has 0 bridgehead atoms. The Morgan fingerprint density at radius 1 is 0.625 bits per heavy atom. The van der Waals surface area contributed by atoms with E-state index in [0.717, 1.165) is 32.7 Å². The molecule has 3 aromatic carbocycles. The van der Waals surface area contributed by atoms with Crippen LogP contribution in [-0.4, -0.2) is 22.4 Å². The van der Waals surface area contributed by atoms with Gasteiger partial charge in [0.15, 0.2) is 0 Å². The molecule has 116 valence electrons. The molecule has 0 amide bonds. The molecule has 0 spiro atoms. The first-order valence-corrected chi connectivity index (χ1v) is 8.03. The van der Waals surface area contributed by atoms with Gasteiger partial charge in [-0.25, -0.2) is 0 Å². The Labute approximate surface area is 140 Å². The molecule has 4 rings (SSSR count). The van der Waals surface area contributed by atoms with Crippen LogP contribution in [0.2, 0.25) is 0 Å². The van der Waals surface area contributed by atoms with Crippen LogP contribution in [0.15, 0.2) is 48.5 Å². The molecule has 1 aliphatic carbocycles. The van der Waals surface area contributed by atoms with Gasteiger partial charge in [-0.1, -0.05) is 72.2 Å². The second kappa shape index (κ2) is 6.02. The van der Waals surface area contributed by atoms with Crippen LogP contribution in [0, 0.1) is 23.7 Å². The Hall–Kier alpha value is -2.78. The molecule has 0 unspecified atom stereocenters. The molecule has 2 heteroatoms. The predicted octanol–water partition coefficient (Wildman–Crippen LogP) is 3.21. The summed E-state index contributed by atoms with van der Waals surface area (Å²) >= 11 is 0. The highest BCUT2D eigenvalue weighted by Gasteiger charge is 2.16. The number of benzene rings is 3. The van der Waals surface area contributed by atoms with Crippen molar-refractivity contribution in [1.82, 2.24) is 0 Å². The molecule has 0 aliphatic heterocycles. The normalized spacial score (nSPS) is 19.8. The first-order valence-electron chi connectivity index (χ1n) is 8.03. The van der Waals surface area contributed by atoms with E-state index in [4.69, 9.17) is 0 Å². The topological polar surface area (TPSA) is 40.5 Å². The van der Waals surface area contributed by atoms with E-state index in [9.17, 15) is 10.2 Å². The van der Waals surface area contributed by atoms with Crippen LogP contribution in [0.25, 0.3) is 21.5 Å². The molecule has 1 aliphatic rings. The average Bonchev–Trinajstić information content (AvgIpc) is 2.62. The zero-order chi connectivity index (χ0) is 16.5. The van der Waals surface area contributed by atoms with Gasteiger partial charge in [0.2, 0.25) is 0 Å². The zero-order valence-electron chi connectivity index (χ0n) is 13.1. The maximum Gasteiger partial charge on any atom is 0.0917 e. The molecule has 0 heterocycles. The first-order chi connectivity index (χ1) is 11.8. The van der Waals surface area contributed by atoms with Crippen molar-refractivity contribution in [2.45, 2.75) is 25.0 Å². The highest BCUT2D eigenvalue weighted by Crippen LogP contribution is 2.32. The van der Waals surface area contributed by atoms with Crippen LogP contribution in [-0.2, 0) is 0 Å². The van der Waals surface area contributed by atoms with Gasteiger partial charge in [0.25, 0.3) is 0 Å². The smallest absolute Gasteiger partial charge is 0.0917 e. The lowest BCUT2D eigenvalue weighted by Gasteiger charge is -2.14. The highest BCUT2D eigenvalue weighted by molar-refractivity contribution is 6.12. The second-order valence-electron chi connectivity index (χ2n) is 5.99. The second-order valence-corrected chi connectivity index (χ2v) is 5.99. The number of rotatable bonds is 0. The summed E-state index contributed by atoms with van der Waals surface area (Å²) in [6.45, 7) is 0. The highest BCUT2D eigenvalue weighted by atomic mass is 16.3. The molecule has 2 nitrogen and oxygen atoms in total. The number of aliphatic hydroxyl groups is 2. The molecular weight excluding hydrogens is 296 g/mol. The molecule has 2 atom stereocenters. The quantitative estimate of drug-likeness (QED) is 0.494. The first kappa shape index (κ1) is 14.8.